The van der Waals surface area contributed by atoms with Crippen LogP contribution in [0.5, 0.6) is 0 Å². The highest BCUT2D eigenvalue weighted by molar-refractivity contribution is 4.80. The minimum Gasteiger partial charge on any atom is -0.314 e. The zero-order valence-electron chi connectivity index (χ0n) is 13.6. The number of nitrogens with zero attached hydrogens (tertiary/aromatic N) is 2. The molecule has 3 heteroatoms. The second-order valence-corrected chi connectivity index (χ2v) is 6.45. The van der Waals surface area contributed by atoms with Crippen molar-refractivity contribution in [1.82, 2.24) is 15.1 Å². The van der Waals surface area contributed by atoms with Gasteiger partial charge >= 0.3 is 0 Å². The van der Waals surface area contributed by atoms with Crippen LogP contribution in [0.2, 0.25) is 0 Å². The maximum Gasteiger partial charge on any atom is 0.0223 e. The molecule has 1 aliphatic heterocycles. The van der Waals surface area contributed by atoms with Crippen LogP contribution in [0.25, 0.3) is 0 Å². The van der Waals surface area contributed by atoms with Crippen molar-refractivity contribution in [1.29, 1.82) is 0 Å². The van der Waals surface area contributed by atoms with Gasteiger partial charge in [-0.05, 0) is 72.8 Å². The smallest absolute Gasteiger partial charge is 0.0223 e. The first-order chi connectivity index (χ1) is 9.13. The Morgan fingerprint density at radius 1 is 1.32 bits per heavy atom. The van der Waals surface area contributed by atoms with Crippen molar-refractivity contribution in [2.45, 2.75) is 64.5 Å². The summed E-state index contributed by atoms with van der Waals surface area (Å²) in [6.07, 6.45) is 8.08. The maximum atomic E-state index is 3.58. The summed E-state index contributed by atoms with van der Waals surface area (Å²) in [6, 6.07) is 1.50. The molecule has 1 N–H and O–H groups in total. The molecule has 0 aromatic rings. The summed E-state index contributed by atoms with van der Waals surface area (Å²) in [4.78, 5) is 5.05. The first kappa shape index (κ1) is 16.9. The van der Waals surface area contributed by atoms with Gasteiger partial charge in [0.25, 0.3) is 0 Å². The predicted molar refractivity (Wildman–Crippen MR) is 84.8 cm³/mol. The third kappa shape index (κ3) is 7.28. The van der Waals surface area contributed by atoms with E-state index in [4.69, 9.17) is 0 Å². The van der Waals surface area contributed by atoms with Crippen LogP contribution >= 0.6 is 0 Å². The monoisotopic (exact) mass is 269 g/mol. The number of nitrogens with one attached hydrogen (secondary N) is 1. The fraction of sp³-hybridized carbons (Fsp3) is 1.00. The lowest BCUT2D eigenvalue weighted by Crippen LogP contribution is -2.38. The van der Waals surface area contributed by atoms with E-state index in [1.165, 1.54) is 58.2 Å². The van der Waals surface area contributed by atoms with Crippen LogP contribution < -0.4 is 5.32 Å². The Hall–Kier alpha value is -0.120. The highest BCUT2D eigenvalue weighted by Gasteiger charge is 2.23. The van der Waals surface area contributed by atoms with Gasteiger partial charge in [0.15, 0.2) is 0 Å². The third-order valence-electron chi connectivity index (χ3n) is 4.15. The van der Waals surface area contributed by atoms with Crippen LogP contribution in [-0.2, 0) is 0 Å². The molecule has 0 saturated carbocycles. The number of hydrogen-bond acceptors (Lipinski definition) is 3. The Balaban J connectivity index is 2.08. The van der Waals surface area contributed by atoms with E-state index < -0.39 is 0 Å². The summed E-state index contributed by atoms with van der Waals surface area (Å²) in [7, 11) is 4.38. The first-order valence-electron chi connectivity index (χ1n) is 8.25. The van der Waals surface area contributed by atoms with Crippen LogP contribution in [0.3, 0.4) is 0 Å². The van der Waals surface area contributed by atoms with E-state index in [1.54, 1.807) is 0 Å². The van der Waals surface area contributed by atoms with Crippen LogP contribution in [0.15, 0.2) is 0 Å². The summed E-state index contributed by atoms with van der Waals surface area (Å²) in [5.41, 5.74) is 0. The van der Waals surface area contributed by atoms with Gasteiger partial charge in [0.1, 0.15) is 0 Å². The summed E-state index contributed by atoms with van der Waals surface area (Å²) in [5, 5.41) is 3.58. The highest BCUT2D eigenvalue weighted by Crippen LogP contribution is 2.18. The van der Waals surface area contributed by atoms with Gasteiger partial charge in [-0.3, -0.25) is 4.90 Å². The van der Waals surface area contributed by atoms with Gasteiger partial charge in [-0.2, -0.15) is 0 Å². The van der Waals surface area contributed by atoms with Crippen molar-refractivity contribution in [2.24, 2.45) is 0 Å². The van der Waals surface area contributed by atoms with Gasteiger partial charge in [0, 0.05) is 18.6 Å². The van der Waals surface area contributed by atoms with Gasteiger partial charge in [-0.15, -0.1) is 0 Å². The molecule has 1 heterocycles. The van der Waals surface area contributed by atoms with E-state index in [-0.39, 0.29) is 0 Å². The average molecular weight is 269 g/mol. The molecule has 0 radical (unpaired) electrons. The maximum absolute atomic E-state index is 3.58. The molecule has 0 aromatic carbocycles. The Morgan fingerprint density at radius 2 is 2.11 bits per heavy atom. The molecule has 2 atom stereocenters. The summed E-state index contributed by atoms with van der Waals surface area (Å²) in [6.45, 7) is 9.58. The molecular formula is C16H35N3. The molecule has 3 nitrogen and oxygen atoms in total. The molecule has 19 heavy (non-hydrogen) atoms. The lowest BCUT2D eigenvalue weighted by molar-refractivity contribution is 0.204. The van der Waals surface area contributed by atoms with Crippen LogP contribution in [-0.4, -0.2) is 62.2 Å². The lowest BCUT2D eigenvalue weighted by atomic mass is 10.1. The fourth-order valence-electron chi connectivity index (χ4n) is 3.08. The number of hydrogen-bond donors (Lipinski definition) is 1. The Kier molecular flexibility index (Phi) is 8.67. The van der Waals surface area contributed by atoms with Crippen molar-refractivity contribution in [3.05, 3.63) is 0 Å². The molecule has 0 aromatic heterocycles. The van der Waals surface area contributed by atoms with Crippen LogP contribution in [0.4, 0.5) is 0 Å². The van der Waals surface area contributed by atoms with E-state index in [9.17, 15) is 0 Å². The zero-order chi connectivity index (χ0) is 14.1. The molecule has 1 rings (SSSR count). The van der Waals surface area contributed by atoms with Gasteiger partial charge < -0.3 is 10.2 Å². The number of likely N-dealkylation sites (N-methyl/N-ethyl adjacent to an activating group) is 1. The minimum absolute atomic E-state index is 0.691. The van der Waals surface area contributed by atoms with Crippen LogP contribution in [0, 0.1) is 0 Å². The first-order valence-corrected chi connectivity index (χ1v) is 8.25. The van der Waals surface area contributed by atoms with Crippen molar-refractivity contribution < 1.29 is 0 Å². The van der Waals surface area contributed by atoms with E-state index in [0.717, 1.165) is 12.6 Å². The van der Waals surface area contributed by atoms with E-state index in [2.05, 4.69) is 43.1 Å². The molecular weight excluding hydrogens is 234 g/mol. The van der Waals surface area contributed by atoms with E-state index >= 15 is 0 Å². The SMILES string of the molecule is CCCNC(C)CCCCN1CCCC1CN(C)C. The van der Waals surface area contributed by atoms with Crippen molar-refractivity contribution in [3.63, 3.8) is 0 Å². The van der Waals surface area contributed by atoms with E-state index in [1.807, 2.05) is 0 Å². The molecule has 0 amide bonds. The quantitative estimate of drug-likeness (QED) is 0.615. The average Bonchev–Trinajstić information content (AvgIpc) is 2.78. The normalized spacial score (nSPS) is 22.3. The van der Waals surface area contributed by atoms with Crippen molar-refractivity contribution in [2.75, 3.05) is 40.3 Å². The highest BCUT2D eigenvalue weighted by atomic mass is 15.2. The Bertz CT molecular complexity index is 218. The summed E-state index contributed by atoms with van der Waals surface area (Å²) in [5.74, 6) is 0. The van der Waals surface area contributed by atoms with E-state index in [0.29, 0.717) is 6.04 Å². The van der Waals surface area contributed by atoms with Crippen LogP contribution in [0.1, 0.15) is 52.4 Å². The molecule has 2 unspecified atom stereocenters. The zero-order valence-corrected chi connectivity index (χ0v) is 13.6. The molecule has 0 aliphatic carbocycles. The topological polar surface area (TPSA) is 18.5 Å². The second kappa shape index (κ2) is 9.73. The molecule has 0 spiro atoms. The van der Waals surface area contributed by atoms with Gasteiger partial charge in [-0.25, -0.2) is 0 Å². The summed E-state index contributed by atoms with van der Waals surface area (Å²) < 4.78 is 0. The standard InChI is InChI=1S/C16H35N3/c1-5-11-17-15(2)9-6-7-12-19-13-8-10-16(19)14-18(3)4/h15-17H,5-14H2,1-4H3. The van der Waals surface area contributed by atoms with Gasteiger partial charge in [0.05, 0.1) is 0 Å². The fourth-order valence-corrected chi connectivity index (χ4v) is 3.08. The van der Waals surface area contributed by atoms with Crippen molar-refractivity contribution >= 4 is 0 Å². The predicted octanol–water partition coefficient (Wildman–Crippen LogP) is 2.57. The summed E-state index contributed by atoms with van der Waals surface area (Å²) >= 11 is 0. The largest absolute Gasteiger partial charge is 0.314 e. The van der Waals surface area contributed by atoms with Gasteiger partial charge in [0.2, 0.25) is 0 Å². The Labute approximate surface area is 120 Å². The molecule has 0 bridgehead atoms. The number of rotatable bonds is 10. The minimum atomic E-state index is 0.691. The number of likely N-dealkylation sites (tertiary alicyclic amines) is 1. The third-order valence-corrected chi connectivity index (χ3v) is 4.15. The molecule has 1 saturated heterocycles. The number of unbranched alkanes of at least 4 members (excludes halogenated alkanes) is 1. The second-order valence-electron chi connectivity index (χ2n) is 6.45. The van der Waals surface area contributed by atoms with Crippen molar-refractivity contribution in [3.8, 4) is 0 Å². The lowest BCUT2D eigenvalue weighted by Gasteiger charge is -2.27. The van der Waals surface area contributed by atoms with Gasteiger partial charge in [-0.1, -0.05) is 13.3 Å². The molecule has 114 valence electrons. The molecule has 1 fully saturated rings. The Morgan fingerprint density at radius 3 is 2.79 bits per heavy atom. The molecule has 1 aliphatic rings.